The summed E-state index contributed by atoms with van der Waals surface area (Å²) in [5.74, 6) is 0.768. The normalized spacial score (nSPS) is 10.8. The lowest BCUT2D eigenvalue weighted by Crippen LogP contribution is -2.02. The van der Waals surface area contributed by atoms with E-state index < -0.39 is 0 Å². The first-order chi connectivity index (χ1) is 10.7. The highest BCUT2D eigenvalue weighted by atomic mass is 32.2. The third-order valence-electron chi connectivity index (χ3n) is 3.17. The summed E-state index contributed by atoms with van der Waals surface area (Å²) >= 11 is 1.54. The van der Waals surface area contributed by atoms with Gasteiger partial charge in [0.05, 0.1) is 5.25 Å². The highest BCUT2D eigenvalue weighted by Crippen LogP contribution is 2.39. The van der Waals surface area contributed by atoms with Crippen molar-refractivity contribution in [2.75, 3.05) is 11.5 Å². The lowest BCUT2D eigenvalue weighted by molar-refractivity contribution is 0.974. The van der Waals surface area contributed by atoms with Gasteiger partial charge in [0.2, 0.25) is 0 Å². The Balaban J connectivity index is 1.99. The number of benzene rings is 2. The molecule has 0 aliphatic carbocycles. The van der Waals surface area contributed by atoms with Crippen molar-refractivity contribution < 1.29 is 0 Å². The van der Waals surface area contributed by atoms with Gasteiger partial charge in [0.1, 0.15) is 11.6 Å². The maximum Gasteiger partial charge on any atom is 0.192 e. The van der Waals surface area contributed by atoms with Crippen LogP contribution in [0.4, 0.5) is 11.6 Å². The van der Waals surface area contributed by atoms with Gasteiger partial charge in [-0.25, -0.2) is 9.97 Å². The number of hydrogen-bond donors (Lipinski definition) is 2. The zero-order valence-electron chi connectivity index (χ0n) is 11.9. The second kappa shape index (κ2) is 6.49. The van der Waals surface area contributed by atoms with Crippen molar-refractivity contribution in [3.63, 3.8) is 0 Å². The van der Waals surface area contributed by atoms with Crippen molar-refractivity contribution in [3.8, 4) is 0 Å². The number of nitrogens with zero attached hydrogens (tertiary/aromatic N) is 2. The van der Waals surface area contributed by atoms with Crippen molar-refractivity contribution in [1.29, 1.82) is 0 Å². The first kappa shape index (κ1) is 14.4. The van der Waals surface area contributed by atoms with Gasteiger partial charge in [-0.05, 0) is 11.1 Å². The summed E-state index contributed by atoms with van der Waals surface area (Å²) in [5, 5.41) is 0.666. The molecule has 1 heterocycles. The molecule has 5 heteroatoms. The maximum atomic E-state index is 5.77. The van der Waals surface area contributed by atoms with E-state index in [4.69, 9.17) is 11.5 Å². The van der Waals surface area contributed by atoms with Crippen LogP contribution in [0.15, 0.2) is 71.9 Å². The van der Waals surface area contributed by atoms with Gasteiger partial charge in [0.15, 0.2) is 5.16 Å². The summed E-state index contributed by atoms with van der Waals surface area (Å²) in [6.07, 6.45) is 0. The molecule has 0 aliphatic rings. The highest BCUT2D eigenvalue weighted by Gasteiger charge is 2.17. The lowest BCUT2D eigenvalue weighted by Gasteiger charge is -2.17. The highest BCUT2D eigenvalue weighted by molar-refractivity contribution is 7.99. The van der Waals surface area contributed by atoms with Crippen LogP contribution in [0, 0.1) is 0 Å². The van der Waals surface area contributed by atoms with Crippen LogP contribution in [-0.4, -0.2) is 9.97 Å². The van der Waals surface area contributed by atoms with E-state index in [1.54, 1.807) is 17.8 Å². The monoisotopic (exact) mass is 308 g/mol. The zero-order valence-corrected chi connectivity index (χ0v) is 12.7. The van der Waals surface area contributed by atoms with Gasteiger partial charge < -0.3 is 11.5 Å². The van der Waals surface area contributed by atoms with Crippen molar-refractivity contribution in [2.24, 2.45) is 0 Å². The standard InChI is InChI=1S/C17H16N4S/c18-14-11-15(19)21-17(20-14)22-16(12-7-3-1-4-8-12)13-9-5-2-6-10-13/h1-11,16H,(H4,18,19,20,21). The molecule has 1 aromatic heterocycles. The lowest BCUT2D eigenvalue weighted by atomic mass is 10.0. The van der Waals surface area contributed by atoms with Crippen molar-refractivity contribution in [1.82, 2.24) is 9.97 Å². The van der Waals surface area contributed by atoms with Crippen LogP contribution in [-0.2, 0) is 0 Å². The molecule has 4 N–H and O–H groups in total. The second-order valence-electron chi connectivity index (χ2n) is 4.82. The topological polar surface area (TPSA) is 77.8 Å². The van der Waals surface area contributed by atoms with Crippen LogP contribution >= 0.6 is 11.8 Å². The van der Waals surface area contributed by atoms with Crippen LogP contribution in [0.25, 0.3) is 0 Å². The predicted molar refractivity (Wildman–Crippen MR) is 91.4 cm³/mol. The van der Waals surface area contributed by atoms with Crippen molar-refractivity contribution >= 4 is 23.4 Å². The van der Waals surface area contributed by atoms with Crippen LogP contribution in [0.5, 0.6) is 0 Å². The summed E-state index contributed by atoms with van der Waals surface area (Å²) < 4.78 is 0. The molecule has 0 fully saturated rings. The van der Waals surface area contributed by atoms with Crippen molar-refractivity contribution in [3.05, 3.63) is 77.9 Å². The number of nitrogens with two attached hydrogens (primary N) is 2. The fourth-order valence-corrected chi connectivity index (χ4v) is 3.32. The summed E-state index contributed by atoms with van der Waals surface area (Å²) in [7, 11) is 0. The Morgan fingerprint density at radius 3 is 1.64 bits per heavy atom. The molecule has 3 rings (SSSR count). The quantitative estimate of drug-likeness (QED) is 0.569. The van der Waals surface area contributed by atoms with Gasteiger partial charge in [0, 0.05) is 6.07 Å². The molecule has 0 atom stereocenters. The molecule has 110 valence electrons. The van der Waals surface area contributed by atoms with Gasteiger partial charge in [0.25, 0.3) is 0 Å². The molecule has 0 saturated carbocycles. The Morgan fingerprint density at radius 1 is 0.727 bits per heavy atom. The number of anilines is 2. The van der Waals surface area contributed by atoms with Gasteiger partial charge in [-0.3, -0.25) is 0 Å². The Morgan fingerprint density at radius 2 is 1.18 bits per heavy atom. The van der Waals surface area contributed by atoms with Gasteiger partial charge in [-0.1, -0.05) is 72.4 Å². The minimum atomic E-state index is 0.0867. The molecule has 0 saturated heterocycles. The second-order valence-corrected chi connectivity index (χ2v) is 5.89. The molecular weight excluding hydrogens is 292 g/mol. The molecule has 0 unspecified atom stereocenters. The van der Waals surface area contributed by atoms with E-state index in [0.717, 1.165) is 0 Å². The number of aromatic nitrogens is 2. The Labute approximate surface area is 133 Å². The molecule has 4 nitrogen and oxygen atoms in total. The summed E-state index contributed by atoms with van der Waals surface area (Å²) in [4.78, 5) is 8.55. The van der Waals surface area contributed by atoms with Gasteiger partial charge in [-0.2, -0.15) is 0 Å². The Bertz CT molecular complexity index is 687. The third-order valence-corrected chi connectivity index (χ3v) is 4.35. The van der Waals surface area contributed by atoms with Gasteiger partial charge in [-0.15, -0.1) is 0 Å². The molecule has 0 spiro atoms. The van der Waals surface area contributed by atoms with E-state index >= 15 is 0 Å². The molecule has 0 amide bonds. The largest absolute Gasteiger partial charge is 0.383 e. The van der Waals surface area contributed by atoms with E-state index in [1.807, 2.05) is 36.4 Å². The summed E-state index contributed by atoms with van der Waals surface area (Å²) in [6, 6.07) is 22.1. The molecule has 22 heavy (non-hydrogen) atoms. The molecule has 0 radical (unpaired) electrons. The minimum absolute atomic E-state index is 0.0867. The first-order valence-corrected chi connectivity index (χ1v) is 7.77. The van der Waals surface area contributed by atoms with Crippen LogP contribution < -0.4 is 11.5 Å². The van der Waals surface area contributed by atoms with Gasteiger partial charge >= 0.3 is 0 Å². The van der Waals surface area contributed by atoms with Crippen molar-refractivity contribution in [2.45, 2.75) is 10.4 Å². The van der Waals surface area contributed by atoms with E-state index in [2.05, 4.69) is 34.2 Å². The number of hydrogen-bond acceptors (Lipinski definition) is 5. The number of nitrogen functional groups attached to an aromatic ring is 2. The van der Waals surface area contributed by atoms with Crippen LogP contribution in [0.3, 0.4) is 0 Å². The van der Waals surface area contributed by atoms with E-state index in [-0.39, 0.29) is 5.25 Å². The molecule has 0 bridgehead atoms. The fourth-order valence-electron chi connectivity index (χ4n) is 2.20. The van der Waals surface area contributed by atoms with Crippen LogP contribution in [0.1, 0.15) is 16.4 Å². The molecule has 0 aliphatic heterocycles. The fraction of sp³-hybridized carbons (Fsp3) is 0.0588. The maximum absolute atomic E-state index is 5.77. The summed E-state index contributed by atoms with van der Waals surface area (Å²) in [5.41, 5.74) is 13.9. The average Bonchev–Trinajstić information content (AvgIpc) is 2.53. The molecular formula is C17H16N4S. The zero-order chi connectivity index (χ0) is 15.4. The minimum Gasteiger partial charge on any atom is -0.383 e. The Hall–Kier alpha value is -2.53. The number of thioether (sulfide) groups is 1. The predicted octanol–water partition coefficient (Wildman–Crippen LogP) is 3.52. The molecule has 2 aromatic carbocycles. The SMILES string of the molecule is Nc1cc(N)nc(SC(c2ccccc2)c2ccccc2)n1. The Kier molecular flexibility index (Phi) is 4.25. The van der Waals surface area contributed by atoms with E-state index in [1.165, 1.54) is 11.1 Å². The van der Waals surface area contributed by atoms with E-state index in [0.29, 0.717) is 16.8 Å². The van der Waals surface area contributed by atoms with E-state index in [9.17, 15) is 0 Å². The number of rotatable bonds is 4. The van der Waals surface area contributed by atoms with Crippen LogP contribution in [0.2, 0.25) is 0 Å². The average molecular weight is 308 g/mol. The third kappa shape index (κ3) is 3.38. The summed E-state index contributed by atoms with van der Waals surface area (Å²) in [6.45, 7) is 0. The first-order valence-electron chi connectivity index (χ1n) is 6.89. The molecule has 3 aromatic rings. The smallest absolute Gasteiger partial charge is 0.192 e.